The van der Waals surface area contributed by atoms with Crippen LogP contribution in [0.15, 0.2) is 60.7 Å². The summed E-state index contributed by atoms with van der Waals surface area (Å²) in [6.45, 7) is 3.88. The predicted octanol–water partition coefficient (Wildman–Crippen LogP) is 3.52. The lowest BCUT2D eigenvalue weighted by Crippen LogP contribution is -2.51. The Morgan fingerprint density at radius 3 is 2.19 bits per heavy atom. The Labute approximate surface area is 186 Å². The van der Waals surface area contributed by atoms with Gasteiger partial charge in [0, 0.05) is 44.7 Å². The highest BCUT2D eigenvalue weighted by Crippen LogP contribution is 2.30. The molecule has 1 saturated heterocycles. The van der Waals surface area contributed by atoms with Crippen molar-refractivity contribution in [2.24, 2.45) is 0 Å². The number of hydrogen-bond acceptors (Lipinski definition) is 3. The molecule has 166 valence electrons. The van der Waals surface area contributed by atoms with E-state index in [1.807, 2.05) is 47.9 Å². The molecule has 2 heterocycles. The van der Waals surface area contributed by atoms with E-state index in [0.717, 1.165) is 22.6 Å². The number of para-hydroxylation sites is 1. The van der Waals surface area contributed by atoms with Gasteiger partial charge in [0.1, 0.15) is 12.4 Å². The van der Waals surface area contributed by atoms with Gasteiger partial charge in [-0.3, -0.25) is 9.59 Å². The average Bonchev–Trinajstić information content (AvgIpc) is 3.17. The molecule has 6 nitrogen and oxygen atoms in total. The summed E-state index contributed by atoms with van der Waals surface area (Å²) in [5.74, 6) is -0.440. The zero-order valence-electron chi connectivity index (χ0n) is 18.3. The van der Waals surface area contributed by atoms with E-state index >= 15 is 0 Å². The smallest absolute Gasteiger partial charge is 0.255 e. The van der Waals surface area contributed by atoms with E-state index in [9.17, 15) is 14.0 Å². The van der Waals surface area contributed by atoms with Crippen LogP contribution in [0, 0.1) is 12.7 Å². The summed E-state index contributed by atoms with van der Waals surface area (Å²) < 4.78 is 20.5. The second kappa shape index (κ2) is 9.36. The molecule has 3 aromatic rings. The zero-order chi connectivity index (χ0) is 22.7. The first-order valence-electron chi connectivity index (χ1n) is 10.6. The van der Waals surface area contributed by atoms with Crippen LogP contribution in [0.2, 0.25) is 0 Å². The van der Waals surface area contributed by atoms with Crippen LogP contribution in [-0.4, -0.2) is 66.1 Å². The molecule has 0 atom stereocenters. The molecule has 1 aromatic heterocycles. The molecule has 0 N–H and O–H groups in total. The number of carbonyl (C=O) groups is 2. The van der Waals surface area contributed by atoms with E-state index in [1.165, 1.54) is 19.2 Å². The molecule has 0 spiro atoms. The van der Waals surface area contributed by atoms with Gasteiger partial charge in [-0.15, -0.1) is 0 Å². The molecule has 0 aliphatic carbocycles. The van der Waals surface area contributed by atoms with Crippen LogP contribution < -0.4 is 0 Å². The molecule has 0 bridgehead atoms. The number of amides is 2. The first-order valence-corrected chi connectivity index (χ1v) is 10.6. The van der Waals surface area contributed by atoms with E-state index < -0.39 is 0 Å². The molecule has 1 aliphatic rings. The Bertz CT molecular complexity index is 1100. The van der Waals surface area contributed by atoms with Gasteiger partial charge in [-0.1, -0.05) is 18.2 Å². The molecule has 7 heteroatoms. The number of methoxy groups -OCH3 is 1. The summed E-state index contributed by atoms with van der Waals surface area (Å²) in [6, 6.07) is 18.0. The van der Waals surface area contributed by atoms with Crippen LogP contribution in [0.25, 0.3) is 16.9 Å². The molecule has 0 saturated carbocycles. The Morgan fingerprint density at radius 2 is 1.56 bits per heavy atom. The molecule has 2 aromatic carbocycles. The standard InChI is InChI=1S/C25H26FN3O3/c1-18-22(25(31)28-14-12-27(13-15-28)24(30)17-32-2)16-23(19-8-10-20(26)11-9-19)29(18)21-6-4-3-5-7-21/h3-11,16H,12-15,17H2,1-2H3. The third kappa shape index (κ3) is 4.29. The van der Waals surface area contributed by atoms with Gasteiger partial charge in [0.2, 0.25) is 5.91 Å². The number of ether oxygens (including phenoxy) is 1. The van der Waals surface area contributed by atoms with Gasteiger partial charge >= 0.3 is 0 Å². The van der Waals surface area contributed by atoms with E-state index in [0.29, 0.717) is 31.7 Å². The SMILES string of the molecule is COCC(=O)N1CCN(C(=O)c2cc(-c3ccc(F)cc3)n(-c3ccccc3)c2C)CC1. The lowest BCUT2D eigenvalue weighted by Gasteiger charge is -2.34. The van der Waals surface area contributed by atoms with Gasteiger partial charge in [0.05, 0.1) is 11.3 Å². The quantitative estimate of drug-likeness (QED) is 0.616. The van der Waals surface area contributed by atoms with E-state index in [-0.39, 0.29) is 24.2 Å². The highest BCUT2D eigenvalue weighted by molar-refractivity contribution is 5.97. The highest BCUT2D eigenvalue weighted by atomic mass is 19.1. The summed E-state index contributed by atoms with van der Waals surface area (Å²) in [6.07, 6.45) is 0. The zero-order valence-corrected chi connectivity index (χ0v) is 18.3. The maximum atomic E-state index is 13.5. The number of aromatic nitrogens is 1. The summed E-state index contributed by atoms with van der Waals surface area (Å²) in [4.78, 5) is 29.0. The Morgan fingerprint density at radius 1 is 0.938 bits per heavy atom. The van der Waals surface area contributed by atoms with Crippen molar-refractivity contribution in [2.45, 2.75) is 6.92 Å². The summed E-state index contributed by atoms with van der Waals surface area (Å²) in [7, 11) is 1.50. The summed E-state index contributed by atoms with van der Waals surface area (Å²) in [5, 5.41) is 0. The van der Waals surface area contributed by atoms with Gasteiger partial charge < -0.3 is 19.1 Å². The first-order chi connectivity index (χ1) is 15.5. The number of rotatable bonds is 5. The van der Waals surface area contributed by atoms with Crippen LogP contribution in [0.5, 0.6) is 0 Å². The minimum absolute atomic E-state index is 0.0496. The largest absolute Gasteiger partial charge is 0.375 e. The first kappa shape index (κ1) is 21.8. The van der Waals surface area contributed by atoms with Gasteiger partial charge in [0.15, 0.2) is 0 Å². The maximum Gasteiger partial charge on any atom is 0.255 e. The summed E-state index contributed by atoms with van der Waals surface area (Å²) in [5.41, 5.74) is 4.00. The number of benzene rings is 2. The Kier molecular flexibility index (Phi) is 6.37. The Hall–Kier alpha value is -3.45. The second-order valence-corrected chi connectivity index (χ2v) is 7.81. The fourth-order valence-corrected chi connectivity index (χ4v) is 4.11. The van der Waals surface area contributed by atoms with Crippen molar-refractivity contribution < 1.29 is 18.7 Å². The number of halogens is 1. The van der Waals surface area contributed by atoms with Crippen LogP contribution in [0.3, 0.4) is 0 Å². The number of nitrogens with zero attached hydrogens (tertiary/aromatic N) is 3. The second-order valence-electron chi connectivity index (χ2n) is 7.81. The van der Waals surface area contributed by atoms with Crippen molar-refractivity contribution in [1.29, 1.82) is 0 Å². The monoisotopic (exact) mass is 435 g/mol. The van der Waals surface area contributed by atoms with Gasteiger partial charge in [-0.25, -0.2) is 4.39 Å². The van der Waals surface area contributed by atoms with Gasteiger partial charge in [-0.2, -0.15) is 0 Å². The fraction of sp³-hybridized carbons (Fsp3) is 0.280. The molecule has 1 fully saturated rings. The molecular formula is C25H26FN3O3. The van der Waals surface area contributed by atoms with Crippen molar-refractivity contribution in [3.63, 3.8) is 0 Å². The molecule has 0 radical (unpaired) electrons. The third-order valence-corrected chi connectivity index (χ3v) is 5.82. The molecule has 0 unspecified atom stereocenters. The van der Waals surface area contributed by atoms with Crippen LogP contribution in [0.4, 0.5) is 4.39 Å². The lowest BCUT2D eigenvalue weighted by molar-refractivity contribution is -0.136. The molecule has 2 amide bonds. The lowest BCUT2D eigenvalue weighted by atomic mass is 10.1. The van der Waals surface area contributed by atoms with Crippen molar-refractivity contribution >= 4 is 11.8 Å². The maximum absolute atomic E-state index is 13.5. The van der Waals surface area contributed by atoms with Crippen LogP contribution in [0.1, 0.15) is 16.1 Å². The topological polar surface area (TPSA) is 54.8 Å². The molecule has 1 aliphatic heterocycles. The average molecular weight is 435 g/mol. The predicted molar refractivity (Wildman–Crippen MR) is 120 cm³/mol. The number of carbonyl (C=O) groups excluding carboxylic acids is 2. The van der Waals surface area contributed by atoms with E-state index in [2.05, 4.69) is 0 Å². The Balaban J connectivity index is 1.66. The van der Waals surface area contributed by atoms with Crippen molar-refractivity contribution in [3.8, 4) is 16.9 Å². The number of hydrogen-bond donors (Lipinski definition) is 0. The van der Waals surface area contributed by atoms with Crippen LogP contribution >= 0.6 is 0 Å². The number of piperazine rings is 1. The van der Waals surface area contributed by atoms with Crippen molar-refractivity contribution in [2.75, 3.05) is 39.9 Å². The molecule has 4 rings (SSSR count). The van der Waals surface area contributed by atoms with E-state index in [4.69, 9.17) is 4.74 Å². The van der Waals surface area contributed by atoms with Crippen molar-refractivity contribution in [3.05, 3.63) is 77.7 Å². The third-order valence-electron chi connectivity index (χ3n) is 5.82. The molecular weight excluding hydrogens is 409 g/mol. The van der Waals surface area contributed by atoms with Gasteiger partial charge in [0.25, 0.3) is 5.91 Å². The van der Waals surface area contributed by atoms with Gasteiger partial charge in [-0.05, 0) is 55.0 Å². The highest BCUT2D eigenvalue weighted by Gasteiger charge is 2.28. The minimum Gasteiger partial charge on any atom is -0.375 e. The van der Waals surface area contributed by atoms with E-state index in [1.54, 1.807) is 21.9 Å². The normalized spacial score (nSPS) is 14.0. The fourth-order valence-electron chi connectivity index (χ4n) is 4.11. The van der Waals surface area contributed by atoms with Crippen LogP contribution in [-0.2, 0) is 9.53 Å². The molecule has 32 heavy (non-hydrogen) atoms. The minimum atomic E-state index is -0.305. The van der Waals surface area contributed by atoms with Crippen molar-refractivity contribution in [1.82, 2.24) is 14.4 Å². The summed E-state index contributed by atoms with van der Waals surface area (Å²) >= 11 is 0.